The molecule has 0 fully saturated rings. The quantitative estimate of drug-likeness (QED) is 0.606. The van der Waals surface area contributed by atoms with Crippen molar-refractivity contribution in [1.82, 2.24) is 10.2 Å². The zero-order valence-corrected chi connectivity index (χ0v) is 16.1. The van der Waals surface area contributed by atoms with Gasteiger partial charge in [0.15, 0.2) is 0 Å². The number of halogens is 2. The highest BCUT2D eigenvalue weighted by molar-refractivity contribution is 5.94. The van der Waals surface area contributed by atoms with Crippen molar-refractivity contribution in [2.75, 3.05) is 13.6 Å². The second kappa shape index (κ2) is 9.28. The van der Waals surface area contributed by atoms with Crippen molar-refractivity contribution in [1.29, 1.82) is 0 Å². The number of benzene rings is 3. The number of hydrogen-bond acceptors (Lipinski definition) is 2. The monoisotopic (exact) mass is 396 g/mol. The lowest BCUT2D eigenvalue weighted by atomic mass is 10.0. The summed E-state index contributed by atoms with van der Waals surface area (Å²) in [6, 6.07) is 16.8. The zero-order chi connectivity index (χ0) is 20.8. The lowest BCUT2D eigenvalue weighted by Crippen LogP contribution is -2.29. The van der Waals surface area contributed by atoms with E-state index in [-0.39, 0.29) is 24.4 Å². The van der Waals surface area contributed by atoms with Gasteiger partial charge in [0.25, 0.3) is 5.91 Å². The summed E-state index contributed by atoms with van der Waals surface area (Å²) in [7, 11) is 1.75. The number of nitrogens with zero attached hydrogens (tertiary/aromatic N) is 1. The molecule has 0 saturated heterocycles. The van der Waals surface area contributed by atoms with Crippen LogP contribution in [0.1, 0.15) is 28.8 Å². The minimum Gasteiger partial charge on any atom is -0.352 e. The molecule has 3 aromatic carbocycles. The van der Waals surface area contributed by atoms with E-state index >= 15 is 0 Å². The van der Waals surface area contributed by atoms with E-state index in [1.165, 1.54) is 0 Å². The highest BCUT2D eigenvalue weighted by Gasteiger charge is 2.13. The van der Waals surface area contributed by atoms with Gasteiger partial charge in [-0.15, -0.1) is 0 Å². The molecule has 29 heavy (non-hydrogen) atoms. The van der Waals surface area contributed by atoms with E-state index in [0.29, 0.717) is 19.0 Å². The second-order valence-electron chi connectivity index (χ2n) is 6.87. The first kappa shape index (κ1) is 20.5. The summed E-state index contributed by atoms with van der Waals surface area (Å²) >= 11 is 0. The predicted molar refractivity (Wildman–Crippen MR) is 108 cm³/mol. The molecule has 6 heteroatoms. The van der Waals surface area contributed by atoms with E-state index in [0.717, 1.165) is 28.5 Å². The minimum absolute atomic E-state index is 0.0415. The van der Waals surface area contributed by atoms with E-state index in [2.05, 4.69) is 5.32 Å². The first-order valence-corrected chi connectivity index (χ1v) is 9.39. The Morgan fingerprint density at radius 1 is 1.00 bits per heavy atom. The third-order valence-electron chi connectivity index (χ3n) is 4.74. The van der Waals surface area contributed by atoms with Gasteiger partial charge in [-0.05, 0) is 34.9 Å². The third kappa shape index (κ3) is 5.16. The van der Waals surface area contributed by atoms with Crippen LogP contribution in [0.5, 0.6) is 0 Å². The summed E-state index contributed by atoms with van der Waals surface area (Å²) in [6.07, 6.45) is 0.681. The van der Waals surface area contributed by atoms with Gasteiger partial charge in [-0.1, -0.05) is 42.5 Å². The summed E-state index contributed by atoms with van der Waals surface area (Å²) in [6.45, 7) is 0.719. The number of carbonyl (C=O) groups excluding carboxylic acids is 2. The lowest BCUT2D eigenvalue weighted by molar-refractivity contribution is -0.130. The van der Waals surface area contributed by atoms with Crippen LogP contribution >= 0.6 is 0 Å². The normalized spacial score (nSPS) is 10.7. The van der Waals surface area contributed by atoms with Gasteiger partial charge in [0, 0.05) is 32.6 Å². The fraction of sp³-hybridized carbons (Fsp3) is 0.217. The van der Waals surface area contributed by atoms with Gasteiger partial charge in [0.05, 0.1) is 5.56 Å². The molecule has 0 atom stereocenters. The van der Waals surface area contributed by atoms with Gasteiger partial charge in [-0.25, -0.2) is 8.78 Å². The summed E-state index contributed by atoms with van der Waals surface area (Å²) in [4.78, 5) is 26.0. The van der Waals surface area contributed by atoms with Crippen LogP contribution in [0.15, 0.2) is 60.7 Å². The molecular formula is C23H22F2N2O2. The molecule has 0 spiro atoms. The van der Waals surface area contributed by atoms with Crippen LogP contribution in [0.2, 0.25) is 0 Å². The van der Waals surface area contributed by atoms with Crippen molar-refractivity contribution in [3.63, 3.8) is 0 Å². The molecule has 0 aliphatic heterocycles. The van der Waals surface area contributed by atoms with Crippen LogP contribution in [-0.2, 0) is 11.3 Å². The molecule has 4 nitrogen and oxygen atoms in total. The molecule has 3 rings (SSSR count). The van der Waals surface area contributed by atoms with Crippen LogP contribution in [0.4, 0.5) is 8.78 Å². The summed E-state index contributed by atoms with van der Waals surface area (Å²) in [5.41, 5.74) is 0.852. The van der Waals surface area contributed by atoms with Gasteiger partial charge < -0.3 is 10.2 Å². The van der Waals surface area contributed by atoms with Crippen molar-refractivity contribution in [2.45, 2.75) is 19.4 Å². The largest absolute Gasteiger partial charge is 0.352 e. The van der Waals surface area contributed by atoms with Gasteiger partial charge in [-0.2, -0.15) is 0 Å². The van der Waals surface area contributed by atoms with Crippen LogP contribution in [0.25, 0.3) is 10.8 Å². The molecule has 0 radical (unpaired) electrons. The zero-order valence-electron chi connectivity index (χ0n) is 16.1. The van der Waals surface area contributed by atoms with E-state index in [9.17, 15) is 18.4 Å². The van der Waals surface area contributed by atoms with Gasteiger partial charge in [0.1, 0.15) is 11.6 Å². The van der Waals surface area contributed by atoms with Crippen molar-refractivity contribution in [3.05, 3.63) is 83.4 Å². The van der Waals surface area contributed by atoms with Crippen LogP contribution in [0.3, 0.4) is 0 Å². The molecule has 0 saturated carbocycles. The number of hydrogen-bond donors (Lipinski definition) is 1. The van der Waals surface area contributed by atoms with Crippen LogP contribution < -0.4 is 5.32 Å². The molecule has 0 aliphatic carbocycles. The number of amides is 2. The molecule has 2 amide bonds. The number of rotatable bonds is 7. The Kier molecular flexibility index (Phi) is 6.54. The van der Waals surface area contributed by atoms with Crippen molar-refractivity contribution < 1.29 is 18.4 Å². The Morgan fingerprint density at radius 3 is 2.55 bits per heavy atom. The maximum absolute atomic E-state index is 13.6. The summed E-state index contributed by atoms with van der Waals surface area (Å²) in [5.74, 6) is -2.31. The summed E-state index contributed by atoms with van der Waals surface area (Å²) in [5, 5.41) is 4.80. The molecular weight excluding hydrogens is 374 g/mol. The number of carbonyl (C=O) groups is 2. The Morgan fingerprint density at radius 2 is 1.76 bits per heavy atom. The Bertz CT molecular complexity index is 1030. The van der Waals surface area contributed by atoms with Crippen molar-refractivity contribution in [3.8, 4) is 0 Å². The molecule has 0 aliphatic rings. The Balaban J connectivity index is 1.48. The lowest BCUT2D eigenvalue weighted by Gasteiger charge is -2.18. The topological polar surface area (TPSA) is 49.4 Å². The fourth-order valence-electron chi connectivity index (χ4n) is 3.18. The van der Waals surface area contributed by atoms with Gasteiger partial charge >= 0.3 is 0 Å². The third-order valence-corrected chi connectivity index (χ3v) is 4.74. The van der Waals surface area contributed by atoms with Crippen molar-refractivity contribution in [2.24, 2.45) is 0 Å². The average Bonchev–Trinajstić information content (AvgIpc) is 2.71. The molecule has 0 heterocycles. The molecule has 150 valence electrons. The first-order chi connectivity index (χ1) is 14.0. The molecule has 0 unspecified atom stereocenters. The molecule has 1 N–H and O–H groups in total. The van der Waals surface area contributed by atoms with Crippen LogP contribution in [-0.4, -0.2) is 30.3 Å². The second-order valence-corrected chi connectivity index (χ2v) is 6.87. The fourth-order valence-corrected chi connectivity index (χ4v) is 3.18. The van der Waals surface area contributed by atoms with Crippen LogP contribution in [0, 0.1) is 11.6 Å². The van der Waals surface area contributed by atoms with E-state index in [1.54, 1.807) is 11.9 Å². The standard InChI is InChI=1S/C23H22F2N2O2/c1-27(15-17-8-4-7-16-6-2-3-9-19(16)17)22(28)10-5-13-26-23(29)20-12-11-18(24)14-21(20)25/h2-4,6-9,11-12,14H,5,10,13,15H2,1H3,(H,26,29). The Labute approximate surface area is 168 Å². The Hall–Kier alpha value is -3.28. The predicted octanol–water partition coefficient (Wildman–Crippen LogP) is 4.29. The highest BCUT2D eigenvalue weighted by atomic mass is 19.1. The maximum atomic E-state index is 13.6. The van der Waals surface area contributed by atoms with E-state index < -0.39 is 17.5 Å². The van der Waals surface area contributed by atoms with E-state index in [4.69, 9.17) is 0 Å². The molecule has 0 bridgehead atoms. The first-order valence-electron chi connectivity index (χ1n) is 9.39. The summed E-state index contributed by atoms with van der Waals surface area (Å²) < 4.78 is 26.5. The molecule has 3 aromatic rings. The number of fused-ring (bicyclic) bond motifs is 1. The minimum atomic E-state index is -0.909. The highest BCUT2D eigenvalue weighted by Crippen LogP contribution is 2.20. The SMILES string of the molecule is CN(Cc1cccc2ccccc12)C(=O)CCCNC(=O)c1ccc(F)cc1F. The van der Waals surface area contributed by atoms with Crippen molar-refractivity contribution >= 4 is 22.6 Å². The average molecular weight is 396 g/mol. The maximum Gasteiger partial charge on any atom is 0.254 e. The number of nitrogens with one attached hydrogen (secondary N) is 1. The van der Waals surface area contributed by atoms with Gasteiger partial charge in [0.2, 0.25) is 5.91 Å². The van der Waals surface area contributed by atoms with Gasteiger partial charge in [-0.3, -0.25) is 9.59 Å². The smallest absolute Gasteiger partial charge is 0.254 e. The van der Waals surface area contributed by atoms with E-state index in [1.807, 2.05) is 42.5 Å². The molecule has 0 aromatic heterocycles.